The summed E-state index contributed by atoms with van der Waals surface area (Å²) in [4.78, 5) is 13.1. The Hall–Kier alpha value is -1.62. The fraction of sp³-hybridized carbons (Fsp3) is 0.333. The van der Waals surface area contributed by atoms with Crippen molar-refractivity contribution in [1.29, 1.82) is 0 Å². The van der Waals surface area contributed by atoms with Crippen molar-refractivity contribution in [2.24, 2.45) is 0 Å². The molecule has 0 aromatic heterocycles. The van der Waals surface area contributed by atoms with Crippen molar-refractivity contribution in [3.8, 4) is 0 Å². The molecule has 0 atom stereocenters. The highest BCUT2D eigenvalue weighted by molar-refractivity contribution is 7.80. The highest BCUT2D eigenvalue weighted by Crippen LogP contribution is 2.12. The first-order chi connectivity index (χ1) is 8.19. The average Bonchev–Trinajstić information content (AvgIpc) is 2.31. The summed E-state index contributed by atoms with van der Waals surface area (Å²) < 4.78 is 4.78. The second-order valence-electron chi connectivity index (χ2n) is 3.23. The van der Waals surface area contributed by atoms with E-state index in [0.29, 0.717) is 18.3 Å². The number of benzene rings is 1. The Kier molecular flexibility index (Phi) is 5.42. The van der Waals surface area contributed by atoms with Crippen molar-refractivity contribution in [1.82, 2.24) is 5.32 Å². The first kappa shape index (κ1) is 13.4. The maximum Gasteiger partial charge on any atom is 0.413 e. The van der Waals surface area contributed by atoms with E-state index >= 15 is 0 Å². The van der Waals surface area contributed by atoms with Crippen LogP contribution in [0.3, 0.4) is 0 Å². The highest BCUT2D eigenvalue weighted by atomic mass is 32.1. The van der Waals surface area contributed by atoms with Crippen LogP contribution in [0.1, 0.15) is 13.8 Å². The number of nitrogens with zero attached hydrogens (tertiary/aromatic N) is 1. The molecular formula is C12H16N2O2S. The monoisotopic (exact) mass is 252 g/mol. The van der Waals surface area contributed by atoms with Crippen LogP contribution in [0.5, 0.6) is 0 Å². The molecule has 17 heavy (non-hydrogen) atoms. The lowest BCUT2D eigenvalue weighted by Gasteiger charge is -2.23. The largest absolute Gasteiger partial charge is 0.450 e. The Morgan fingerprint density at radius 2 is 2.00 bits per heavy atom. The third-order valence-corrected chi connectivity index (χ3v) is 2.44. The zero-order valence-corrected chi connectivity index (χ0v) is 10.8. The van der Waals surface area contributed by atoms with Crippen LogP contribution in [0, 0.1) is 0 Å². The summed E-state index contributed by atoms with van der Waals surface area (Å²) in [5.74, 6) is 0. The molecule has 0 aliphatic rings. The van der Waals surface area contributed by atoms with Gasteiger partial charge in [0.05, 0.1) is 6.61 Å². The number of ether oxygens (including phenoxy) is 1. The second-order valence-corrected chi connectivity index (χ2v) is 3.62. The molecule has 0 aliphatic carbocycles. The van der Waals surface area contributed by atoms with Gasteiger partial charge in [-0.15, -0.1) is 0 Å². The van der Waals surface area contributed by atoms with E-state index in [2.05, 4.69) is 5.32 Å². The topological polar surface area (TPSA) is 41.6 Å². The quantitative estimate of drug-likeness (QED) is 0.839. The van der Waals surface area contributed by atoms with Gasteiger partial charge in [0.15, 0.2) is 5.11 Å². The van der Waals surface area contributed by atoms with Gasteiger partial charge in [-0.25, -0.2) is 4.79 Å². The number of amides is 1. The van der Waals surface area contributed by atoms with Gasteiger partial charge in [-0.3, -0.25) is 5.32 Å². The summed E-state index contributed by atoms with van der Waals surface area (Å²) in [7, 11) is 0. The third-order valence-electron chi connectivity index (χ3n) is 2.11. The van der Waals surface area contributed by atoms with Crippen LogP contribution in [0.2, 0.25) is 0 Å². The van der Waals surface area contributed by atoms with E-state index in [-0.39, 0.29) is 0 Å². The molecule has 92 valence electrons. The number of hydrogen-bond acceptors (Lipinski definition) is 3. The second kappa shape index (κ2) is 6.85. The predicted octanol–water partition coefficient (Wildman–Crippen LogP) is 2.54. The van der Waals surface area contributed by atoms with Crippen LogP contribution in [0.15, 0.2) is 30.3 Å². The fourth-order valence-electron chi connectivity index (χ4n) is 1.37. The average molecular weight is 252 g/mol. The number of anilines is 1. The number of nitrogens with one attached hydrogen (secondary N) is 1. The zero-order valence-electron chi connectivity index (χ0n) is 9.97. The van der Waals surface area contributed by atoms with Gasteiger partial charge in [0.25, 0.3) is 0 Å². The Bertz CT molecular complexity index is 381. The number of carbonyl (C=O) groups excluding carboxylic acids is 1. The van der Waals surface area contributed by atoms with Gasteiger partial charge in [-0.1, -0.05) is 18.2 Å². The number of carbonyl (C=O) groups is 1. The smallest absolute Gasteiger partial charge is 0.413 e. The molecule has 0 fully saturated rings. The van der Waals surface area contributed by atoms with Crippen LogP contribution in [0.4, 0.5) is 10.5 Å². The fourth-order valence-corrected chi connectivity index (χ4v) is 1.69. The minimum atomic E-state index is -0.521. The summed E-state index contributed by atoms with van der Waals surface area (Å²) in [5.41, 5.74) is 0.941. The molecule has 0 saturated carbocycles. The first-order valence-electron chi connectivity index (χ1n) is 5.49. The van der Waals surface area contributed by atoms with Crippen molar-refractivity contribution in [2.45, 2.75) is 13.8 Å². The van der Waals surface area contributed by atoms with E-state index in [9.17, 15) is 4.79 Å². The van der Waals surface area contributed by atoms with Crippen molar-refractivity contribution < 1.29 is 9.53 Å². The van der Waals surface area contributed by atoms with Gasteiger partial charge in [-0.2, -0.15) is 0 Å². The molecule has 0 bridgehead atoms. The van der Waals surface area contributed by atoms with E-state index in [4.69, 9.17) is 17.0 Å². The summed E-state index contributed by atoms with van der Waals surface area (Å²) in [6.07, 6.45) is -0.521. The van der Waals surface area contributed by atoms with Crippen LogP contribution >= 0.6 is 12.2 Å². The van der Waals surface area contributed by atoms with Gasteiger partial charge >= 0.3 is 6.09 Å². The maximum absolute atomic E-state index is 11.3. The number of rotatable bonds is 3. The Balaban J connectivity index is 2.68. The van der Waals surface area contributed by atoms with E-state index < -0.39 is 6.09 Å². The number of para-hydroxylation sites is 1. The normalized spacial score (nSPS) is 9.53. The molecule has 0 radical (unpaired) electrons. The van der Waals surface area contributed by atoms with E-state index in [0.717, 1.165) is 5.69 Å². The van der Waals surface area contributed by atoms with E-state index in [1.54, 1.807) is 6.92 Å². The van der Waals surface area contributed by atoms with Gasteiger partial charge in [0.1, 0.15) is 0 Å². The minimum absolute atomic E-state index is 0.325. The predicted molar refractivity (Wildman–Crippen MR) is 72.2 cm³/mol. The molecule has 1 amide bonds. The van der Waals surface area contributed by atoms with Crippen molar-refractivity contribution in [3.63, 3.8) is 0 Å². The Labute approximate surface area is 107 Å². The lowest BCUT2D eigenvalue weighted by molar-refractivity contribution is 0.158. The molecule has 4 nitrogen and oxygen atoms in total. The van der Waals surface area contributed by atoms with Crippen LogP contribution < -0.4 is 10.2 Å². The maximum atomic E-state index is 11.3. The van der Waals surface area contributed by atoms with Gasteiger partial charge in [-0.05, 0) is 38.2 Å². The summed E-state index contributed by atoms with van der Waals surface area (Å²) in [6, 6.07) is 9.64. The molecule has 1 N–H and O–H groups in total. The molecule has 0 unspecified atom stereocenters. The van der Waals surface area contributed by atoms with Crippen LogP contribution in [-0.2, 0) is 4.74 Å². The lowest BCUT2D eigenvalue weighted by Crippen LogP contribution is -2.43. The highest BCUT2D eigenvalue weighted by Gasteiger charge is 2.12. The molecule has 0 heterocycles. The number of hydrogen-bond donors (Lipinski definition) is 1. The van der Waals surface area contributed by atoms with Crippen molar-refractivity contribution in [3.05, 3.63) is 30.3 Å². The van der Waals surface area contributed by atoms with Crippen molar-refractivity contribution >= 4 is 29.1 Å². The van der Waals surface area contributed by atoms with Gasteiger partial charge in [0.2, 0.25) is 0 Å². The molecule has 5 heteroatoms. The Morgan fingerprint density at radius 3 is 2.53 bits per heavy atom. The van der Waals surface area contributed by atoms with Crippen molar-refractivity contribution in [2.75, 3.05) is 18.1 Å². The Morgan fingerprint density at radius 1 is 1.35 bits per heavy atom. The molecular weight excluding hydrogens is 236 g/mol. The van der Waals surface area contributed by atoms with Gasteiger partial charge < -0.3 is 9.64 Å². The van der Waals surface area contributed by atoms with Gasteiger partial charge in [0, 0.05) is 12.2 Å². The van der Waals surface area contributed by atoms with E-state index in [1.807, 2.05) is 42.2 Å². The molecule has 0 saturated heterocycles. The standard InChI is InChI=1S/C12H16N2O2S/c1-3-14(10-8-6-5-7-9-10)11(17)13-12(15)16-4-2/h5-9H,3-4H2,1-2H3,(H,13,15,17). The molecule has 0 spiro atoms. The minimum Gasteiger partial charge on any atom is -0.450 e. The van der Waals surface area contributed by atoms with Crippen LogP contribution in [0.25, 0.3) is 0 Å². The van der Waals surface area contributed by atoms with E-state index in [1.165, 1.54) is 0 Å². The SMILES string of the molecule is CCOC(=O)NC(=S)N(CC)c1ccccc1. The first-order valence-corrected chi connectivity index (χ1v) is 5.90. The lowest BCUT2D eigenvalue weighted by atomic mass is 10.3. The molecule has 0 aliphatic heterocycles. The molecule has 1 aromatic rings. The number of thiocarbonyl (C=S) groups is 1. The summed E-state index contributed by atoms with van der Waals surface area (Å²) in [6.45, 7) is 4.71. The molecule has 1 rings (SSSR count). The summed E-state index contributed by atoms with van der Waals surface area (Å²) in [5, 5.41) is 2.87. The zero-order chi connectivity index (χ0) is 12.7. The third kappa shape index (κ3) is 4.03. The number of alkyl carbamates (subject to hydrolysis) is 1. The summed E-state index contributed by atoms with van der Waals surface area (Å²) >= 11 is 5.16. The molecule has 1 aromatic carbocycles. The van der Waals surface area contributed by atoms with Crippen LogP contribution in [-0.4, -0.2) is 24.4 Å².